The van der Waals surface area contributed by atoms with Gasteiger partial charge in [0.15, 0.2) is 11.4 Å². The Morgan fingerprint density at radius 3 is 2.61 bits per heavy atom. The Kier molecular flexibility index (Phi) is 4.47. The van der Waals surface area contributed by atoms with Gasteiger partial charge in [0.1, 0.15) is 5.75 Å². The Morgan fingerprint density at radius 2 is 1.89 bits per heavy atom. The van der Waals surface area contributed by atoms with Gasteiger partial charge in [0, 0.05) is 11.6 Å². The van der Waals surface area contributed by atoms with E-state index in [0.717, 1.165) is 0 Å². The highest BCUT2D eigenvalue weighted by Gasteiger charge is 2.51. The van der Waals surface area contributed by atoms with E-state index >= 15 is 0 Å². The summed E-state index contributed by atoms with van der Waals surface area (Å²) < 4.78 is 10.7. The van der Waals surface area contributed by atoms with E-state index in [-0.39, 0.29) is 18.1 Å². The zero-order valence-electron chi connectivity index (χ0n) is 15.4. The monoisotopic (exact) mass is 377 g/mol. The lowest BCUT2D eigenvalue weighted by atomic mass is 9.83. The molecule has 1 spiro atoms. The fraction of sp³-hybridized carbons (Fsp3) is 0.227. The van der Waals surface area contributed by atoms with Crippen LogP contribution in [0.1, 0.15) is 32.7 Å². The summed E-state index contributed by atoms with van der Waals surface area (Å²) >= 11 is 0. The van der Waals surface area contributed by atoms with Crippen molar-refractivity contribution in [2.75, 3.05) is 20.2 Å². The minimum atomic E-state index is -0.655. The zero-order chi connectivity index (χ0) is 19.7. The molecule has 0 bridgehead atoms. The van der Waals surface area contributed by atoms with Gasteiger partial charge in [-0.1, -0.05) is 24.3 Å². The average Bonchev–Trinajstić information content (AvgIpc) is 2.70. The molecule has 0 N–H and O–H groups in total. The lowest BCUT2D eigenvalue weighted by Gasteiger charge is -2.51. The van der Waals surface area contributed by atoms with E-state index in [1.807, 2.05) is 18.2 Å². The minimum Gasteiger partial charge on any atom is -0.482 e. The molecule has 0 saturated carbocycles. The second kappa shape index (κ2) is 6.96. The van der Waals surface area contributed by atoms with Crippen molar-refractivity contribution >= 4 is 23.7 Å². The first-order chi connectivity index (χ1) is 13.5. The normalized spacial score (nSPS) is 17.0. The van der Waals surface area contributed by atoms with Gasteiger partial charge in [-0.3, -0.25) is 9.59 Å². The van der Waals surface area contributed by atoms with Crippen LogP contribution < -0.4 is 4.74 Å². The van der Waals surface area contributed by atoms with Crippen LogP contribution in [0, 0.1) is 0 Å². The van der Waals surface area contributed by atoms with Crippen LogP contribution in [-0.2, 0) is 9.53 Å². The number of nitrogens with zero attached hydrogens (tertiary/aromatic N) is 1. The van der Waals surface area contributed by atoms with E-state index in [0.29, 0.717) is 35.5 Å². The highest BCUT2D eigenvalue weighted by atomic mass is 16.5. The Morgan fingerprint density at radius 1 is 1.14 bits per heavy atom. The quantitative estimate of drug-likeness (QED) is 0.607. The summed E-state index contributed by atoms with van der Waals surface area (Å²) in [5.41, 5.74) is 1.18. The number of ether oxygens (including phenoxy) is 2. The van der Waals surface area contributed by atoms with Crippen LogP contribution in [0.25, 0.3) is 6.08 Å². The second-order valence-corrected chi connectivity index (χ2v) is 7.02. The van der Waals surface area contributed by atoms with E-state index in [4.69, 9.17) is 4.74 Å². The maximum absolute atomic E-state index is 12.7. The standard InChI is InChI=1S/C22H19NO5/c1-27-20(25)10-8-15-7-9-19-17(11-15)18(24)12-22(28-19)13-23(14-22)21(26)16-5-3-2-4-6-16/h2-11H,12-14H2,1H3. The molecule has 0 unspecified atom stereocenters. The fourth-order valence-corrected chi connectivity index (χ4v) is 3.58. The molecule has 2 aliphatic heterocycles. The van der Waals surface area contributed by atoms with E-state index in [1.165, 1.54) is 13.2 Å². The van der Waals surface area contributed by atoms with Crippen molar-refractivity contribution in [2.45, 2.75) is 12.0 Å². The van der Waals surface area contributed by atoms with Gasteiger partial charge in [-0.15, -0.1) is 0 Å². The van der Waals surface area contributed by atoms with Crippen LogP contribution >= 0.6 is 0 Å². The SMILES string of the molecule is COC(=O)C=Cc1ccc2c(c1)C(=O)CC1(CN(C(=O)c3ccccc3)C1)O2. The number of hydrogen-bond acceptors (Lipinski definition) is 5. The fourth-order valence-electron chi connectivity index (χ4n) is 3.58. The molecular formula is C22H19NO5. The summed E-state index contributed by atoms with van der Waals surface area (Å²) in [6, 6.07) is 14.3. The number of amides is 1. The number of hydrogen-bond donors (Lipinski definition) is 0. The van der Waals surface area contributed by atoms with Gasteiger partial charge < -0.3 is 14.4 Å². The number of likely N-dealkylation sites (tertiary alicyclic amines) is 1. The molecule has 0 atom stereocenters. The number of methoxy groups -OCH3 is 1. The van der Waals surface area contributed by atoms with Crippen molar-refractivity contribution in [1.82, 2.24) is 4.90 Å². The number of benzene rings is 2. The molecule has 6 heteroatoms. The third kappa shape index (κ3) is 3.29. The van der Waals surface area contributed by atoms with Gasteiger partial charge in [0.2, 0.25) is 0 Å². The number of ketones is 1. The first-order valence-electron chi connectivity index (χ1n) is 8.96. The Balaban J connectivity index is 1.47. The van der Waals surface area contributed by atoms with Crippen molar-refractivity contribution in [3.63, 3.8) is 0 Å². The predicted molar refractivity (Wildman–Crippen MR) is 102 cm³/mol. The van der Waals surface area contributed by atoms with E-state index in [9.17, 15) is 14.4 Å². The highest BCUT2D eigenvalue weighted by Crippen LogP contribution is 2.39. The maximum atomic E-state index is 12.7. The van der Waals surface area contributed by atoms with E-state index < -0.39 is 11.6 Å². The topological polar surface area (TPSA) is 72.9 Å². The third-order valence-electron chi connectivity index (χ3n) is 4.99. The first-order valence-corrected chi connectivity index (χ1v) is 8.96. The van der Waals surface area contributed by atoms with Crippen LogP contribution in [0.3, 0.4) is 0 Å². The lowest BCUT2D eigenvalue weighted by Crippen LogP contribution is -2.68. The molecule has 4 rings (SSSR count). The van der Waals surface area contributed by atoms with Gasteiger partial charge in [0.25, 0.3) is 5.91 Å². The Bertz CT molecular complexity index is 974. The third-order valence-corrected chi connectivity index (χ3v) is 4.99. The first kappa shape index (κ1) is 18.0. The molecule has 1 amide bonds. The van der Waals surface area contributed by atoms with Gasteiger partial charge in [-0.25, -0.2) is 4.79 Å². The molecule has 2 aromatic rings. The van der Waals surface area contributed by atoms with Crippen LogP contribution in [0.5, 0.6) is 5.75 Å². The van der Waals surface area contributed by atoms with E-state index in [2.05, 4.69) is 4.74 Å². The number of rotatable bonds is 3. The summed E-state index contributed by atoms with van der Waals surface area (Å²) in [4.78, 5) is 38.1. The molecule has 1 fully saturated rings. The number of esters is 1. The van der Waals surface area contributed by atoms with Gasteiger partial charge in [-0.2, -0.15) is 0 Å². The smallest absolute Gasteiger partial charge is 0.330 e. The summed E-state index contributed by atoms with van der Waals surface area (Å²) in [7, 11) is 1.31. The second-order valence-electron chi connectivity index (χ2n) is 7.02. The van der Waals surface area contributed by atoms with Crippen molar-refractivity contribution in [3.05, 3.63) is 71.3 Å². The Hall–Kier alpha value is -3.41. The molecule has 6 nitrogen and oxygen atoms in total. The van der Waals surface area contributed by atoms with Crippen molar-refractivity contribution in [1.29, 1.82) is 0 Å². The highest BCUT2D eigenvalue weighted by molar-refractivity contribution is 6.02. The maximum Gasteiger partial charge on any atom is 0.330 e. The molecule has 0 aliphatic carbocycles. The summed E-state index contributed by atoms with van der Waals surface area (Å²) in [5.74, 6) is -0.0343. The van der Waals surface area contributed by atoms with Gasteiger partial charge >= 0.3 is 5.97 Å². The van der Waals surface area contributed by atoms with Crippen molar-refractivity contribution < 1.29 is 23.9 Å². The molecule has 1 saturated heterocycles. The molecule has 2 heterocycles. The van der Waals surface area contributed by atoms with Crippen LogP contribution in [-0.4, -0.2) is 48.4 Å². The number of Topliss-reactive ketones (excluding diaryl/α,β-unsaturated/α-hetero) is 1. The molecule has 0 aromatic heterocycles. The average molecular weight is 377 g/mol. The number of fused-ring (bicyclic) bond motifs is 1. The Labute approximate surface area is 162 Å². The van der Waals surface area contributed by atoms with Gasteiger partial charge in [0.05, 0.1) is 32.2 Å². The molecule has 2 aliphatic rings. The minimum absolute atomic E-state index is 0.0265. The lowest BCUT2D eigenvalue weighted by molar-refractivity contribution is -0.134. The molecule has 142 valence electrons. The number of carbonyl (C=O) groups excluding carboxylic acids is 3. The van der Waals surface area contributed by atoms with Crippen molar-refractivity contribution in [2.24, 2.45) is 0 Å². The van der Waals surface area contributed by atoms with Crippen LogP contribution in [0.4, 0.5) is 0 Å². The van der Waals surface area contributed by atoms with E-state index in [1.54, 1.807) is 41.3 Å². The van der Waals surface area contributed by atoms with Gasteiger partial charge in [-0.05, 0) is 35.9 Å². The molecule has 2 aromatic carbocycles. The molecule has 0 radical (unpaired) electrons. The molecule has 28 heavy (non-hydrogen) atoms. The predicted octanol–water partition coefficient (Wildman–Crippen LogP) is 2.73. The largest absolute Gasteiger partial charge is 0.482 e. The zero-order valence-corrected chi connectivity index (χ0v) is 15.4. The summed E-state index contributed by atoms with van der Waals surface area (Å²) in [5, 5.41) is 0. The van der Waals surface area contributed by atoms with Crippen LogP contribution in [0.2, 0.25) is 0 Å². The van der Waals surface area contributed by atoms with Crippen molar-refractivity contribution in [3.8, 4) is 5.75 Å². The number of carbonyl (C=O) groups is 3. The van der Waals surface area contributed by atoms with Crippen LogP contribution in [0.15, 0.2) is 54.6 Å². The molecular weight excluding hydrogens is 358 g/mol. The summed E-state index contributed by atoms with van der Waals surface area (Å²) in [6.07, 6.45) is 3.12. The summed E-state index contributed by atoms with van der Waals surface area (Å²) in [6.45, 7) is 0.770.